The maximum absolute atomic E-state index is 12.7. The third kappa shape index (κ3) is 5.65. The number of amides is 3. The van der Waals surface area contributed by atoms with Gasteiger partial charge in [-0.05, 0) is 50.2 Å². The van der Waals surface area contributed by atoms with Crippen molar-refractivity contribution in [2.24, 2.45) is 0 Å². The molecule has 0 unspecified atom stereocenters. The van der Waals surface area contributed by atoms with Crippen molar-refractivity contribution in [3.05, 3.63) is 59.5 Å². The van der Waals surface area contributed by atoms with Gasteiger partial charge in [-0.25, -0.2) is 14.6 Å². The number of fused-ring (bicyclic) bond motifs is 1. The van der Waals surface area contributed by atoms with Crippen LogP contribution in [-0.2, 0) is 11.3 Å². The minimum atomic E-state index is -0.453. The molecule has 0 bridgehead atoms. The summed E-state index contributed by atoms with van der Waals surface area (Å²) in [6.45, 7) is 8.17. The number of urea groups is 1. The van der Waals surface area contributed by atoms with Gasteiger partial charge in [0.1, 0.15) is 5.52 Å². The maximum atomic E-state index is 12.7. The molecule has 190 valence electrons. The zero-order chi connectivity index (χ0) is 25.7. The summed E-state index contributed by atoms with van der Waals surface area (Å²) in [6.07, 6.45) is 0. The highest BCUT2D eigenvalue weighted by Gasteiger charge is 2.23. The predicted molar refractivity (Wildman–Crippen MR) is 135 cm³/mol. The van der Waals surface area contributed by atoms with Crippen LogP contribution in [0.5, 0.6) is 0 Å². The number of carbonyl (C=O) groups is 3. The van der Waals surface area contributed by atoms with Crippen molar-refractivity contribution in [1.29, 1.82) is 0 Å². The minimum Gasteiger partial charge on any atom is -0.465 e. The summed E-state index contributed by atoms with van der Waals surface area (Å²) >= 11 is 0. The van der Waals surface area contributed by atoms with E-state index in [0.29, 0.717) is 79.6 Å². The van der Waals surface area contributed by atoms with Crippen LogP contribution in [0.2, 0.25) is 0 Å². The Morgan fingerprint density at radius 1 is 1.03 bits per heavy atom. The molecule has 1 aliphatic rings. The summed E-state index contributed by atoms with van der Waals surface area (Å²) in [4.78, 5) is 47.3. The Kier molecular flexibility index (Phi) is 7.84. The number of rotatable bonds is 7. The van der Waals surface area contributed by atoms with E-state index in [4.69, 9.17) is 9.15 Å². The molecule has 0 atom stereocenters. The van der Waals surface area contributed by atoms with Crippen molar-refractivity contribution in [3.8, 4) is 0 Å². The fourth-order valence-electron chi connectivity index (χ4n) is 4.21. The molecule has 2 aromatic carbocycles. The Labute approximate surface area is 209 Å². The van der Waals surface area contributed by atoms with E-state index >= 15 is 0 Å². The van der Waals surface area contributed by atoms with Crippen molar-refractivity contribution >= 4 is 34.7 Å². The molecule has 0 aliphatic carbocycles. The van der Waals surface area contributed by atoms with E-state index in [1.165, 1.54) is 7.11 Å². The van der Waals surface area contributed by atoms with E-state index in [1.807, 2.05) is 13.8 Å². The quantitative estimate of drug-likeness (QED) is 0.502. The monoisotopic (exact) mass is 493 g/mol. The van der Waals surface area contributed by atoms with Crippen LogP contribution in [0, 0.1) is 0 Å². The van der Waals surface area contributed by atoms with Crippen molar-refractivity contribution < 1.29 is 23.5 Å². The van der Waals surface area contributed by atoms with Crippen molar-refractivity contribution in [2.75, 3.05) is 51.7 Å². The second-order valence-electron chi connectivity index (χ2n) is 8.53. The molecule has 0 spiro atoms. The van der Waals surface area contributed by atoms with E-state index in [-0.39, 0.29) is 11.9 Å². The number of oxazole rings is 1. The van der Waals surface area contributed by atoms with Gasteiger partial charge in [0, 0.05) is 50.5 Å². The van der Waals surface area contributed by atoms with Crippen LogP contribution in [0.1, 0.15) is 40.5 Å². The average molecular weight is 494 g/mol. The van der Waals surface area contributed by atoms with Crippen LogP contribution < -0.4 is 5.32 Å². The Morgan fingerprint density at radius 3 is 2.47 bits per heavy atom. The van der Waals surface area contributed by atoms with Crippen LogP contribution >= 0.6 is 0 Å². The second-order valence-corrected chi connectivity index (χ2v) is 8.53. The Hall–Kier alpha value is -3.92. The molecule has 1 fully saturated rings. The van der Waals surface area contributed by atoms with Crippen molar-refractivity contribution in [1.82, 2.24) is 19.7 Å². The van der Waals surface area contributed by atoms with E-state index in [2.05, 4.69) is 15.2 Å². The third-order valence-electron chi connectivity index (χ3n) is 6.28. The number of benzene rings is 2. The molecule has 1 saturated heterocycles. The first-order valence-electron chi connectivity index (χ1n) is 12.1. The summed E-state index contributed by atoms with van der Waals surface area (Å²) in [5.74, 6) is 0.110. The Balaban J connectivity index is 1.32. The van der Waals surface area contributed by atoms with E-state index in [9.17, 15) is 14.4 Å². The number of hydrogen-bond donors (Lipinski definition) is 1. The fourth-order valence-corrected chi connectivity index (χ4v) is 4.21. The van der Waals surface area contributed by atoms with Crippen LogP contribution in [0.25, 0.3) is 11.1 Å². The number of anilines is 1. The van der Waals surface area contributed by atoms with Gasteiger partial charge in [-0.3, -0.25) is 9.69 Å². The van der Waals surface area contributed by atoms with Gasteiger partial charge in [0.25, 0.3) is 5.91 Å². The first-order chi connectivity index (χ1) is 17.4. The molecule has 0 radical (unpaired) electrons. The summed E-state index contributed by atoms with van der Waals surface area (Å²) in [6, 6.07) is 11.8. The van der Waals surface area contributed by atoms with Gasteiger partial charge >= 0.3 is 12.0 Å². The molecule has 10 nitrogen and oxygen atoms in total. The average Bonchev–Trinajstić information content (AvgIpc) is 3.30. The van der Waals surface area contributed by atoms with Crippen LogP contribution in [0.15, 0.2) is 46.9 Å². The summed E-state index contributed by atoms with van der Waals surface area (Å²) < 4.78 is 10.6. The van der Waals surface area contributed by atoms with Crippen molar-refractivity contribution in [2.45, 2.75) is 20.4 Å². The standard InChI is InChI=1S/C26H31N5O5/c1-4-30(5-2)24(32)18-9-10-22-21(16-18)28-23(36-22)17-29-11-13-31(14-12-29)26(34)27-20-8-6-7-19(15-20)25(33)35-3/h6-10,15-16H,4-5,11-14,17H2,1-3H3,(H,27,34). The van der Waals surface area contributed by atoms with Gasteiger partial charge in [0.15, 0.2) is 5.58 Å². The lowest BCUT2D eigenvalue weighted by atomic mass is 10.2. The molecule has 3 aromatic rings. The molecule has 4 rings (SSSR count). The second kappa shape index (κ2) is 11.2. The molecule has 1 N–H and O–H groups in total. The van der Waals surface area contributed by atoms with Gasteiger partial charge in [-0.2, -0.15) is 0 Å². The number of carbonyl (C=O) groups excluding carboxylic acids is 3. The molecule has 1 aliphatic heterocycles. The molecule has 1 aromatic heterocycles. The lowest BCUT2D eigenvalue weighted by molar-refractivity contribution is 0.0600. The van der Waals surface area contributed by atoms with Gasteiger partial charge in [-0.15, -0.1) is 0 Å². The van der Waals surface area contributed by atoms with Crippen LogP contribution in [0.4, 0.5) is 10.5 Å². The van der Waals surface area contributed by atoms with E-state index in [0.717, 1.165) is 0 Å². The lowest BCUT2D eigenvalue weighted by Gasteiger charge is -2.34. The number of aromatic nitrogens is 1. The number of hydrogen-bond acceptors (Lipinski definition) is 7. The molecule has 10 heteroatoms. The van der Waals surface area contributed by atoms with E-state index in [1.54, 1.807) is 52.3 Å². The first-order valence-corrected chi connectivity index (χ1v) is 12.1. The number of nitrogens with one attached hydrogen (secondary N) is 1. The highest BCUT2D eigenvalue weighted by molar-refractivity contribution is 5.97. The molecule has 0 saturated carbocycles. The van der Waals surface area contributed by atoms with E-state index < -0.39 is 5.97 Å². The lowest BCUT2D eigenvalue weighted by Crippen LogP contribution is -2.49. The topological polar surface area (TPSA) is 108 Å². The highest BCUT2D eigenvalue weighted by atomic mass is 16.5. The summed E-state index contributed by atoms with van der Waals surface area (Å²) in [7, 11) is 1.32. The number of piperazine rings is 1. The van der Waals surface area contributed by atoms with Gasteiger partial charge < -0.3 is 24.3 Å². The molecular formula is C26H31N5O5. The predicted octanol–water partition coefficient (Wildman–Crippen LogP) is 3.45. The van der Waals surface area contributed by atoms with Gasteiger partial charge in [0.05, 0.1) is 19.2 Å². The zero-order valence-corrected chi connectivity index (χ0v) is 20.8. The third-order valence-corrected chi connectivity index (χ3v) is 6.28. The first kappa shape index (κ1) is 25.2. The normalized spacial score (nSPS) is 14.0. The number of ether oxygens (including phenoxy) is 1. The minimum absolute atomic E-state index is 0.0159. The summed E-state index contributed by atoms with van der Waals surface area (Å²) in [5.41, 5.74) is 2.82. The smallest absolute Gasteiger partial charge is 0.337 e. The molecule has 36 heavy (non-hydrogen) atoms. The van der Waals surface area contributed by atoms with Crippen LogP contribution in [0.3, 0.4) is 0 Å². The fraction of sp³-hybridized carbons (Fsp3) is 0.385. The molecule has 2 heterocycles. The SMILES string of the molecule is CCN(CC)C(=O)c1ccc2oc(CN3CCN(C(=O)Nc4cccc(C(=O)OC)c4)CC3)nc2c1. The number of methoxy groups -OCH3 is 1. The van der Waals surface area contributed by atoms with Crippen molar-refractivity contribution in [3.63, 3.8) is 0 Å². The van der Waals surface area contributed by atoms with Gasteiger partial charge in [-0.1, -0.05) is 6.07 Å². The zero-order valence-electron chi connectivity index (χ0n) is 20.8. The maximum Gasteiger partial charge on any atom is 0.337 e. The Bertz CT molecular complexity index is 1240. The molecular weight excluding hydrogens is 462 g/mol. The Morgan fingerprint density at radius 2 is 1.78 bits per heavy atom. The largest absolute Gasteiger partial charge is 0.465 e. The number of esters is 1. The highest BCUT2D eigenvalue weighted by Crippen LogP contribution is 2.20. The van der Waals surface area contributed by atoms with Crippen LogP contribution in [-0.4, -0.2) is 84.0 Å². The molecule has 3 amide bonds. The summed E-state index contributed by atoms with van der Waals surface area (Å²) in [5, 5.41) is 2.84. The number of nitrogens with zero attached hydrogens (tertiary/aromatic N) is 4. The van der Waals surface area contributed by atoms with Gasteiger partial charge in [0.2, 0.25) is 5.89 Å².